The highest BCUT2D eigenvalue weighted by Gasteiger charge is 2.29. The van der Waals surface area contributed by atoms with Gasteiger partial charge in [-0.3, -0.25) is 0 Å². The summed E-state index contributed by atoms with van der Waals surface area (Å²) in [6.07, 6.45) is 0.969. The fraction of sp³-hybridized carbons (Fsp3) is 0.273. The third-order valence-electron chi connectivity index (χ3n) is 5.25. The number of anilines is 1. The standard InChI is InChI=1S/C22H24N2O3S2/c1-16-9-10-20(27-2)22(14-16)29(25,26)23-15-19(21-8-5-13-28-21)24-12-11-17-6-3-4-7-18(17)24/h3-10,13-14,19,23H,11-12,15H2,1-2H3/t19-/m1/s1. The smallest absolute Gasteiger partial charge is 0.244 e. The van der Waals surface area contributed by atoms with Gasteiger partial charge in [-0.2, -0.15) is 0 Å². The molecule has 0 fully saturated rings. The van der Waals surface area contributed by atoms with Gasteiger partial charge in [0.05, 0.1) is 13.2 Å². The van der Waals surface area contributed by atoms with Gasteiger partial charge < -0.3 is 9.64 Å². The first-order valence-electron chi connectivity index (χ1n) is 9.52. The van der Waals surface area contributed by atoms with Gasteiger partial charge in [0, 0.05) is 23.7 Å². The molecule has 0 unspecified atom stereocenters. The van der Waals surface area contributed by atoms with Crippen LogP contribution in [0.25, 0.3) is 0 Å². The Bertz CT molecular complexity index is 1100. The number of hydrogen-bond donors (Lipinski definition) is 1. The van der Waals surface area contributed by atoms with E-state index in [1.165, 1.54) is 18.4 Å². The summed E-state index contributed by atoms with van der Waals surface area (Å²) < 4.78 is 34.3. The van der Waals surface area contributed by atoms with E-state index >= 15 is 0 Å². The molecule has 1 aliphatic heterocycles. The summed E-state index contributed by atoms with van der Waals surface area (Å²) in [6.45, 7) is 3.03. The molecule has 29 heavy (non-hydrogen) atoms. The van der Waals surface area contributed by atoms with Crippen LogP contribution in [0.3, 0.4) is 0 Å². The second kappa shape index (κ2) is 8.18. The van der Waals surface area contributed by atoms with E-state index in [0.29, 0.717) is 5.75 Å². The molecule has 5 nitrogen and oxygen atoms in total. The van der Waals surface area contributed by atoms with E-state index in [2.05, 4.69) is 33.9 Å². The Kier molecular flexibility index (Phi) is 5.63. The number of thiophene rings is 1. The molecule has 0 saturated carbocycles. The van der Waals surface area contributed by atoms with Crippen LogP contribution < -0.4 is 14.4 Å². The van der Waals surface area contributed by atoms with E-state index < -0.39 is 10.0 Å². The monoisotopic (exact) mass is 428 g/mol. The number of nitrogens with zero attached hydrogens (tertiary/aromatic N) is 1. The number of fused-ring (bicyclic) bond motifs is 1. The molecule has 2 heterocycles. The second-order valence-electron chi connectivity index (χ2n) is 7.11. The molecule has 0 spiro atoms. The SMILES string of the molecule is COc1ccc(C)cc1S(=O)(=O)NC[C@H](c1cccs1)N1CCc2ccccc21. The van der Waals surface area contributed by atoms with Crippen molar-refractivity contribution in [3.8, 4) is 5.75 Å². The van der Waals surface area contributed by atoms with Gasteiger partial charge in [0.1, 0.15) is 10.6 Å². The van der Waals surface area contributed by atoms with Crippen molar-refractivity contribution in [2.75, 3.05) is 25.1 Å². The van der Waals surface area contributed by atoms with Crippen molar-refractivity contribution < 1.29 is 13.2 Å². The predicted molar refractivity (Wildman–Crippen MR) is 117 cm³/mol. The Morgan fingerprint density at radius 2 is 2.00 bits per heavy atom. The van der Waals surface area contributed by atoms with Crippen molar-refractivity contribution in [1.82, 2.24) is 4.72 Å². The molecule has 4 rings (SSSR count). The average molecular weight is 429 g/mol. The van der Waals surface area contributed by atoms with Crippen LogP contribution in [0.15, 0.2) is 64.9 Å². The van der Waals surface area contributed by atoms with E-state index in [4.69, 9.17) is 4.74 Å². The molecule has 1 aliphatic rings. The van der Waals surface area contributed by atoms with Crippen LogP contribution >= 0.6 is 11.3 Å². The Morgan fingerprint density at radius 1 is 1.17 bits per heavy atom. The number of rotatable bonds is 7. The number of para-hydroxylation sites is 1. The maximum absolute atomic E-state index is 13.1. The van der Waals surface area contributed by atoms with Gasteiger partial charge in [0.25, 0.3) is 0 Å². The average Bonchev–Trinajstić information content (AvgIpc) is 3.39. The summed E-state index contributed by atoms with van der Waals surface area (Å²) in [4.78, 5) is 3.62. The molecule has 0 radical (unpaired) electrons. The number of methoxy groups -OCH3 is 1. The maximum Gasteiger partial charge on any atom is 0.244 e. The molecule has 0 aliphatic carbocycles. The number of nitrogens with one attached hydrogen (secondary N) is 1. The number of ether oxygens (including phenoxy) is 1. The first-order chi connectivity index (χ1) is 14.0. The van der Waals surface area contributed by atoms with Crippen LogP contribution in [0.1, 0.15) is 22.0 Å². The van der Waals surface area contributed by atoms with Crippen molar-refractivity contribution in [1.29, 1.82) is 0 Å². The molecule has 1 N–H and O–H groups in total. The zero-order valence-corrected chi connectivity index (χ0v) is 18.1. The number of benzene rings is 2. The van der Waals surface area contributed by atoms with E-state index in [1.807, 2.05) is 30.5 Å². The summed E-state index contributed by atoms with van der Waals surface area (Å²) in [7, 11) is -2.23. The van der Waals surface area contributed by atoms with Crippen molar-refractivity contribution in [3.05, 3.63) is 76.0 Å². The number of hydrogen-bond acceptors (Lipinski definition) is 5. The Morgan fingerprint density at radius 3 is 2.76 bits per heavy atom. The third-order valence-corrected chi connectivity index (χ3v) is 7.66. The fourth-order valence-corrected chi connectivity index (χ4v) is 5.92. The lowest BCUT2D eigenvalue weighted by molar-refractivity contribution is 0.402. The third kappa shape index (κ3) is 4.03. The highest BCUT2D eigenvalue weighted by molar-refractivity contribution is 7.89. The number of aryl methyl sites for hydroxylation is 1. The van der Waals surface area contributed by atoms with Crippen LogP contribution in [0.4, 0.5) is 5.69 Å². The molecule has 7 heteroatoms. The summed E-state index contributed by atoms with van der Waals surface area (Å²) in [6, 6.07) is 17.5. The van der Waals surface area contributed by atoms with Gasteiger partial charge in [-0.25, -0.2) is 13.1 Å². The summed E-state index contributed by atoms with van der Waals surface area (Å²) in [5, 5.41) is 2.03. The molecule has 1 aromatic heterocycles. The van der Waals surface area contributed by atoms with Crippen LogP contribution in [-0.2, 0) is 16.4 Å². The molecule has 0 saturated heterocycles. The Labute approximate surface area is 176 Å². The molecular weight excluding hydrogens is 404 g/mol. The first-order valence-corrected chi connectivity index (χ1v) is 11.9. The lowest BCUT2D eigenvalue weighted by Gasteiger charge is -2.30. The zero-order chi connectivity index (χ0) is 20.4. The Balaban J connectivity index is 1.63. The van der Waals surface area contributed by atoms with Crippen molar-refractivity contribution in [2.24, 2.45) is 0 Å². The topological polar surface area (TPSA) is 58.6 Å². The highest BCUT2D eigenvalue weighted by atomic mass is 32.2. The quantitative estimate of drug-likeness (QED) is 0.614. The van der Waals surface area contributed by atoms with Gasteiger partial charge in [0.15, 0.2) is 0 Å². The Hall–Kier alpha value is -2.35. The highest BCUT2D eigenvalue weighted by Crippen LogP contribution is 2.36. The largest absolute Gasteiger partial charge is 0.495 e. The molecule has 1 atom stereocenters. The van der Waals surface area contributed by atoms with E-state index in [0.717, 1.165) is 23.4 Å². The molecule has 3 aromatic rings. The lowest BCUT2D eigenvalue weighted by Crippen LogP contribution is -2.37. The van der Waals surface area contributed by atoms with E-state index in [9.17, 15) is 8.42 Å². The summed E-state index contributed by atoms with van der Waals surface area (Å²) >= 11 is 1.65. The van der Waals surface area contributed by atoms with E-state index in [-0.39, 0.29) is 17.5 Å². The fourth-order valence-electron chi connectivity index (χ4n) is 3.79. The van der Waals surface area contributed by atoms with Gasteiger partial charge in [0.2, 0.25) is 10.0 Å². The van der Waals surface area contributed by atoms with Crippen LogP contribution in [0.2, 0.25) is 0 Å². The number of sulfonamides is 1. The molecule has 0 amide bonds. The van der Waals surface area contributed by atoms with Gasteiger partial charge in [-0.15, -0.1) is 11.3 Å². The van der Waals surface area contributed by atoms with Crippen LogP contribution in [-0.4, -0.2) is 28.6 Å². The van der Waals surface area contributed by atoms with Crippen LogP contribution in [0, 0.1) is 6.92 Å². The normalized spacial score (nSPS) is 14.6. The minimum absolute atomic E-state index is 0.0655. The van der Waals surface area contributed by atoms with Crippen molar-refractivity contribution in [2.45, 2.75) is 24.3 Å². The molecule has 2 aromatic carbocycles. The van der Waals surface area contributed by atoms with Gasteiger partial charge >= 0.3 is 0 Å². The minimum atomic E-state index is -3.72. The summed E-state index contributed by atoms with van der Waals surface area (Å²) in [5.74, 6) is 0.349. The molecule has 0 bridgehead atoms. The summed E-state index contributed by atoms with van der Waals surface area (Å²) in [5.41, 5.74) is 3.35. The first kappa shape index (κ1) is 19.9. The molecular formula is C22H24N2O3S2. The minimum Gasteiger partial charge on any atom is -0.495 e. The maximum atomic E-state index is 13.1. The van der Waals surface area contributed by atoms with Crippen molar-refractivity contribution >= 4 is 27.0 Å². The zero-order valence-electron chi connectivity index (χ0n) is 16.5. The van der Waals surface area contributed by atoms with E-state index in [1.54, 1.807) is 23.5 Å². The van der Waals surface area contributed by atoms with Crippen molar-refractivity contribution in [3.63, 3.8) is 0 Å². The lowest BCUT2D eigenvalue weighted by atomic mass is 10.1. The van der Waals surface area contributed by atoms with Crippen LogP contribution in [0.5, 0.6) is 5.75 Å². The second-order valence-corrected chi connectivity index (χ2v) is 9.82. The van der Waals surface area contributed by atoms with Gasteiger partial charge in [-0.05, 0) is 54.1 Å². The molecule has 152 valence electrons. The predicted octanol–water partition coefficient (Wildman–Crippen LogP) is 4.15. The van der Waals surface area contributed by atoms with Gasteiger partial charge in [-0.1, -0.05) is 30.3 Å².